The highest BCUT2D eigenvalue weighted by Crippen LogP contribution is 2.24. The lowest BCUT2D eigenvalue weighted by molar-refractivity contribution is 0.102. The second-order valence-electron chi connectivity index (χ2n) is 8.25. The van der Waals surface area contributed by atoms with Gasteiger partial charge in [-0.05, 0) is 76.0 Å². The highest BCUT2D eigenvalue weighted by molar-refractivity contribution is 6.05. The number of fused-ring (bicyclic) bond motifs is 1. The molecule has 0 atom stereocenters. The van der Waals surface area contributed by atoms with Gasteiger partial charge in [-0.15, -0.1) is 0 Å². The summed E-state index contributed by atoms with van der Waals surface area (Å²) in [5.74, 6) is 1.84. The number of nitrogens with one attached hydrogen (secondary N) is 1. The summed E-state index contributed by atoms with van der Waals surface area (Å²) in [6.07, 6.45) is 2.53. The zero-order valence-corrected chi connectivity index (χ0v) is 17.6. The summed E-state index contributed by atoms with van der Waals surface area (Å²) in [5.41, 5.74) is 4.65. The number of amides is 1. The smallest absolute Gasteiger partial charge is 0.255 e. The number of benzene rings is 2. The molecule has 5 nitrogen and oxygen atoms in total. The standard InChI is InChI=1S/C24H30N4O/c1-4-28-22-10-9-20(25-24(29)19-7-5-17(2)6-8-19)15-21(22)26-23(28)16-27-13-11-18(3)12-14-27/h5-10,15,18H,4,11-14,16H2,1-3H3,(H,25,29). The van der Waals surface area contributed by atoms with E-state index in [2.05, 4.69) is 34.7 Å². The average Bonchev–Trinajstić information content (AvgIpc) is 3.06. The van der Waals surface area contributed by atoms with Gasteiger partial charge >= 0.3 is 0 Å². The van der Waals surface area contributed by atoms with Crippen LogP contribution in [0.25, 0.3) is 11.0 Å². The van der Waals surface area contributed by atoms with Crippen LogP contribution in [0.3, 0.4) is 0 Å². The lowest BCUT2D eigenvalue weighted by Gasteiger charge is -2.29. The zero-order chi connectivity index (χ0) is 20.4. The first kappa shape index (κ1) is 19.6. The molecule has 3 aromatic rings. The fourth-order valence-corrected chi connectivity index (χ4v) is 4.06. The lowest BCUT2D eigenvalue weighted by atomic mass is 9.99. The molecular formula is C24H30N4O. The second kappa shape index (κ2) is 8.37. The van der Waals surface area contributed by atoms with E-state index in [1.54, 1.807) is 0 Å². The summed E-state index contributed by atoms with van der Waals surface area (Å²) in [6.45, 7) is 10.6. The number of imidazole rings is 1. The van der Waals surface area contributed by atoms with Crippen molar-refractivity contribution >= 4 is 22.6 Å². The average molecular weight is 391 g/mol. The first-order chi connectivity index (χ1) is 14.0. The number of nitrogens with zero attached hydrogens (tertiary/aromatic N) is 3. The van der Waals surface area contributed by atoms with Gasteiger partial charge in [0.05, 0.1) is 17.6 Å². The van der Waals surface area contributed by atoms with Crippen LogP contribution in [0.1, 0.15) is 48.4 Å². The molecule has 1 saturated heterocycles. The summed E-state index contributed by atoms with van der Waals surface area (Å²) in [6, 6.07) is 13.6. The van der Waals surface area contributed by atoms with Crippen molar-refractivity contribution in [3.63, 3.8) is 0 Å². The minimum Gasteiger partial charge on any atom is -0.327 e. The third-order valence-corrected chi connectivity index (χ3v) is 5.96. The first-order valence-corrected chi connectivity index (χ1v) is 10.6. The Labute approximate surface area is 172 Å². The van der Waals surface area contributed by atoms with Crippen molar-refractivity contribution in [2.24, 2.45) is 5.92 Å². The van der Waals surface area contributed by atoms with E-state index in [-0.39, 0.29) is 5.91 Å². The van der Waals surface area contributed by atoms with Crippen molar-refractivity contribution in [2.75, 3.05) is 18.4 Å². The number of aromatic nitrogens is 2. The van der Waals surface area contributed by atoms with Crippen LogP contribution in [0.15, 0.2) is 42.5 Å². The van der Waals surface area contributed by atoms with Crippen molar-refractivity contribution in [1.29, 1.82) is 0 Å². The number of rotatable bonds is 5. The van der Waals surface area contributed by atoms with E-state index >= 15 is 0 Å². The molecule has 1 aliphatic heterocycles. The predicted molar refractivity (Wildman–Crippen MR) is 118 cm³/mol. The number of aryl methyl sites for hydroxylation is 2. The van der Waals surface area contributed by atoms with Gasteiger partial charge in [0.1, 0.15) is 5.82 Å². The van der Waals surface area contributed by atoms with Gasteiger partial charge in [-0.2, -0.15) is 0 Å². The summed E-state index contributed by atoms with van der Waals surface area (Å²) in [4.78, 5) is 20.0. The Morgan fingerprint density at radius 1 is 1.14 bits per heavy atom. The van der Waals surface area contributed by atoms with Crippen molar-refractivity contribution in [1.82, 2.24) is 14.5 Å². The maximum Gasteiger partial charge on any atom is 0.255 e. The Kier molecular flexibility index (Phi) is 5.67. The molecule has 1 amide bonds. The Balaban J connectivity index is 1.54. The molecule has 29 heavy (non-hydrogen) atoms. The van der Waals surface area contributed by atoms with Gasteiger partial charge in [-0.25, -0.2) is 4.98 Å². The fourth-order valence-electron chi connectivity index (χ4n) is 4.06. The largest absolute Gasteiger partial charge is 0.327 e. The number of piperidine rings is 1. The highest BCUT2D eigenvalue weighted by Gasteiger charge is 2.19. The molecule has 1 aliphatic rings. The van der Waals surface area contributed by atoms with E-state index in [4.69, 9.17) is 4.98 Å². The Bertz CT molecular complexity index is 998. The molecule has 4 rings (SSSR count). The molecule has 2 heterocycles. The Hall–Kier alpha value is -2.66. The van der Waals surface area contributed by atoms with Crippen LogP contribution in [0.2, 0.25) is 0 Å². The predicted octanol–water partition coefficient (Wildman–Crippen LogP) is 4.85. The van der Waals surface area contributed by atoms with Gasteiger partial charge < -0.3 is 9.88 Å². The quantitative estimate of drug-likeness (QED) is 0.678. The van der Waals surface area contributed by atoms with Crippen LogP contribution in [0.4, 0.5) is 5.69 Å². The van der Waals surface area contributed by atoms with E-state index in [1.807, 2.05) is 43.3 Å². The van der Waals surface area contributed by atoms with Gasteiger partial charge in [-0.1, -0.05) is 24.6 Å². The van der Waals surface area contributed by atoms with Gasteiger partial charge in [0, 0.05) is 17.8 Å². The molecule has 0 aliphatic carbocycles. The summed E-state index contributed by atoms with van der Waals surface area (Å²) in [5, 5.41) is 3.00. The van der Waals surface area contributed by atoms with Crippen LogP contribution in [-0.2, 0) is 13.1 Å². The molecule has 0 saturated carbocycles. The molecule has 0 spiro atoms. The third-order valence-electron chi connectivity index (χ3n) is 5.96. The van der Waals surface area contributed by atoms with Crippen molar-refractivity contribution < 1.29 is 4.79 Å². The summed E-state index contributed by atoms with van der Waals surface area (Å²) in [7, 11) is 0. The van der Waals surface area contributed by atoms with E-state index in [0.29, 0.717) is 5.56 Å². The number of likely N-dealkylation sites (tertiary alicyclic amines) is 1. The fraction of sp³-hybridized carbons (Fsp3) is 0.417. The van der Waals surface area contributed by atoms with Gasteiger partial charge in [0.15, 0.2) is 0 Å². The van der Waals surface area contributed by atoms with Gasteiger partial charge in [0.25, 0.3) is 5.91 Å². The molecule has 2 aromatic carbocycles. The van der Waals surface area contributed by atoms with Gasteiger partial charge in [-0.3, -0.25) is 9.69 Å². The Morgan fingerprint density at radius 2 is 1.86 bits per heavy atom. The molecule has 1 N–H and O–H groups in total. The maximum atomic E-state index is 12.5. The number of hydrogen-bond donors (Lipinski definition) is 1. The zero-order valence-electron chi connectivity index (χ0n) is 17.6. The number of carbonyl (C=O) groups excluding carboxylic acids is 1. The van der Waals surface area contributed by atoms with E-state index in [9.17, 15) is 4.79 Å². The molecule has 0 unspecified atom stereocenters. The normalized spacial score (nSPS) is 15.7. The molecule has 1 fully saturated rings. The van der Waals surface area contributed by atoms with E-state index in [1.165, 1.54) is 12.8 Å². The molecule has 0 radical (unpaired) electrons. The van der Waals surface area contributed by atoms with Crippen molar-refractivity contribution in [3.05, 3.63) is 59.4 Å². The van der Waals surface area contributed by atoms with Crippen LogP contribution in [-0.4, -0.2) is 33.4 Å². The van der Waals surface area contributed by atoms with Crippen molar-refractivity contribution in [2.45, 2.75) is 46.7 Å². The molecule has 152 valence electrons. The minimum atomic E-state index is -0.0954. The third kappa shape index (κ3) is 4.35. The highest BCUT2D eigenvalue weighted by atomic mass is 16.1. The molecule has 1 aromatic heterocycles. The van der Waals surface area contributed by atoms with Crippen LogP contribution >= 0.6 is 0 Å². The topological polar surface area (TPSA) is 50.2 Å². The SMILES string of the molecule is CCn1c(CN2CCC(C)CC2)nc2cc(NC(=O)c3ccc(C)cc3)ccc21. The molecular weight excluding hydrogens is 360 g/mol. The lowest BCUT2D eigenvalue weighted by Crippen LogP contribution is -2.33. The first-order valence-electron chi connectivity index (χ1n) is 10.6. The second-order valence-corrected chi connectivity index (χ2v) is 8.25. The van der Waals surface area contributed by atoms with Gasteiger partial charge in [0.2, 0.25) is 0 Å². The molecule has 0 bridgehead atoms. The Morgan fingerprint density at radius 3 is 2.55 bits per heavy atom. The number of hydrogen-bond acceptors (Lipinski definition) is 3. The monoisotopic (exact) mass is 390 g/mol. The minimum absolute atomic E-state index is 0.0954. The van der Waals surface area contributed by atoms with Crippen molar-refractivity contribution in [3.8, 4) is 0 Å². The van der Waals surface area contributed by atoms with Crippen LogP contribution < -0.4 is 5.32 Å². The summed E-state index contributed by atoms with van der Waals surface area (Å²) >= 11 is 0. The number of anilines is 1. The summed E-state index contributed by atoms with van der Waals surface area (Å²) < 4.78 is 2.29. The van der Waals surface area contributed by atoms with E-state index in [0.717, 1.165) is 60.2 Å². The maximum absolute atomic E-state index is 12.5. The van der Waals surface area contributed by atoms with E-state index < -0.39 is 0 Å². The van der Waals surface area contributed by atoms with Crippen LogP contribution in [0, 0.1) is 12.8 Å². The number of carbonyl (C=O) groups is 1. The van der Waals surface area contributed by atoms with Crippen LogP contribution in [0.5, 0.6) is 0 Å². The molecule has 5 heteroatoms.